The molecule has 2 amide bonds. The van der Waals surface area contributed by atoms with Gasteiger partial charge >= 0.3 is 12.0 Å². The minimum Gasteiger partial charge on any atom is -0.481 e. The number of rotatable bonds is 5. The van der Waals surface area contributed by atoms with Crippen molar-refractivity contribution < 1.29 is 24.5 Å². The van der Waals surface area contributed by atoms with Gasteiger partial charge in [-0.2, -0.15) is 0 Å². The maximum absolute atomic E-state index is 11.7. The van der Waals surface area contributed by atoms with E-state index in [9.17, 15) is 14.7 Å². The number of aliphatic carboxylic acids is 1. The third kappa shape index (κ3) is 5.89. The molecule has 19 heavy (non-hydrogen) atoms. The van der Waals surface area contributed by atoms with Gasteiger partial charge in [-0.3, -0.25) is 4.79 Å². The van der Waals surface area contributed by atoms with Crippen molar-refractivity contribution in [3.05, 3.63) is 0 Å². The number of hydrogen-bond acceptors (Lipinski definition) is 4. The molecule has 1 atom stereocenters. The Morgan fingerprint density at radius 1 is 1.37 bits per heavy atom. The normalized spacial score (nSPS) is 21.2. The maximum atomic E-state index is 11.7. The second-order valence-electron chi connectivity index (χ2n) is 5.55. The van der Waals surface area contributed by atoms with Crippen LogP contribution in [0, 0.1) is 0 Å². The summed E-state index contributed by atoms with van der Waals surface area (Å²) in [6.45, 7) is 4.40. The van der Waals surface area contributed by atoms with Gasteiger partial charge in [-0.05, 0) is 26.7 Å². The molecule has 7 heteroatoms. The van der Waals surface area contributed by atoms with Crippen LogP contribution in [0.3, 0.4) is 0 Å². The van der Waals surface area contributed by atoms with E-state index >= 15 is 0 Å². The third-order valence-electron chi connectivity index (χ3n) is 3.17. The molecule has 1 heterocycles. The molecule has 0 bridgehead atoms. The predicted molar refractivity (Wildman–Crippen MR) is 67.9 cm³/mol. The highest BCUT2D eigenvalue weighted by Crippen LogP contribution is 2.19. The Kier molecular flexibility index (Phi) is 5.13. The van der Waals surface area contributed by atoms with Gasteiger partial charge in [0.25, 0.3) is 0 Å². The minimum absolute atomic E-state index is 0.113. The van der Waals surface area contributed by atoms with Crippen molar-refractivity contribution >= 4 is 12.0 Å². The van der Waals surface area contributed by atoms with E-state index in [1.54, 1.807) is 0 Å². The van der Waals surface area contributed by atoms with Crippen LogP contribution in [-0.4, -0.2) is 53.1 Å². The number of ether oxygens (including phenoxy) is 1. The van der Waals surface area contributed by atoms with E-state index in [4.69, 9.17) is 9.84 Å². The highest BCUT2D eigenvalue weighted by molar-refractivity contribution is 5.75. The van der Waals surface area contributed by atoms with Crippen molar-refractivity contribution in [2.24, 2.45) is 0 Å². The van der Waals surface area contributed by atoms with Crippen molar-refractivity contribution in [2.45, 2.75) is 44.2 Å². The van der Waals surface area contributed by atoms with Crippen LogP contribution in [-0.2, 0) is 9.53 Å². The Morgan fingerprint density at radius 2 is 1.95 bits per heavy atom. The first-order chi connectivity index (χ1) is 8.72. The largest absolute Gasteiger partial charge is 0.481 e. The van der Waals surface area contributed by atoms with Crippen molar-refractivity contribution in [3.63, 3.8) is 0 Å². The summed E-state index contributed by atoms with van der Waals surface area (Å²) in [5, 5.41) is 23.7. The number of urea groups is 1. The molecule has 1 unspecified atom stereocenters. The highest BCUT2D eigenvalue weighted by Gasteiger charge is 2.30. The van der Waals surface area contributed by atoms with E-state index in [0.29, 0.717) is 13.2 Å². The van der Waals surface area contributed by atoms with Gasteiger partial charge < -0.3 is 25.6 Å². The van der Waals surface area contributed by atoms with Crippen LogP contribution in [0.25, 0.3) is 0 Å². The fourth-order valence-corrected chi connectivity index (χ4v) is 1.92. The highest BCUT2D eigenvalue weighted by atomic mass is 16.5. The lowest BCUT2D eigenvalue weighted by Crippen LogP contribution is -2.55. The first kappa shape index (κ1) is 15.7. The van der Waals surface area contributed by atoms with Gasteiger partial charge in [0.05, 0.1) is 12.0 Å². The fraction of sp³-hybridized carbons (Fsp3) is 0.833. The van der Waals surface area contributed by atoms with Crippen molar-refractivity contribution in [1.29, 1.82) is 0 Å². The Morgan fingerprint density at radius 3 is 2.47 bits per heavy atom. The lowest BCUT2D eigenvalue weighted by molar-refractivity contribution is -0.141. The molecule has 0 aromatic rings. The van der Waals surface area contributed by atoms with Crippen LogP contribution in [0.4, 0.5) is 4.79 Å². The van der Waals surface area contributed by atoms with Crippen LogP contribution in [0.5, 0.6) is 0 Å². The number of aliphatic hydroxyl groups is 1. The van der Waals surface area contributed by atoms with Gasteiger partial charge in [-0.1, -0.05) is 0 Å². The van der Waals surface area contributed by atoms with Gasteiger partial charge in [0.2, 0.25) is 0 Å². The molecular formula is C12H22N2O5. The predicted octanol–water partition coefficient (Wildman–Crippen LogP) is 0.0804. The summed E-state index contributed by atoms with van der Waals surface area (Å²) in [6, 6.07) is -0.407. The Hall–Kier alpha value is -1.34. The molecule has 0 aromatic heterocycles. The van der Waals surface area contributed by atoms with Gasteiger partial charge in [0.15, 0.2) is 0 Å². The number of amides is 2. The standard InChI is InChI=1S/C12H22N2O5/c1-11(3-5-19-6-4-11)14-10(17)13-8-12(2,18)7-9(15)16/h18H,3-8H2,1-2H3,(H,15,16)(H2,13,14,17). The first-order valence-corrected chi connectivity index (χ1v) is 6.30. The molecule has 0 aromatic carbocycles. The number of carbonyl (C=O) groups is 2. The number of nitrogens with one attached hydrogen (secondary N) is 2. The first-order valence-electron chi connectivity index (χ1n) is 6.30. The van der Waals surface area contributed by atoms with E-state index in [0.717, 1.165) is 12.8 Å². The van der Waals surface area contributed by atoms with Crippen molar-refractivity contribution in [3.8, 4) is 0 Å². The molecule has 7 nitrogen and oxygen atoms in total. The summed E-state index contributed by atoms with van der Waals surface area (Å²) >= 11 is 0. The maximum Gasteiger partial charge on any atom is 0.315 e. The second kappa shape index (κ2) is 6.21. The number of hydrogen-bond donors (Lipinski definition) is 4. The quantitative estimate of drug-likeness (QED) is 0.568. The number of carboxylic acids is 1. The van der Waals surface area contributed by atoms with Gasteiger partial charge in [-0.15, -0.1) is 0 Å². The van der Waals surface area contributed by atoms with Gasteiger partial charge in [0.1, 0.15) is 0 Å². The zero-order valence-corrected chi connectivity index (χ0v) is 11.4. The summed E-state index contributed by atoms with van der Waals surface area (Å²) in [7, 11) is 0. The SMILES string of the molecule is CC(O)(CNC(=O)NC1(C)CCOCC1)CC(=O)O. The zero-order valence-electron chi connectivity index (χ0n) is 11.4. The zero-order chi connectivity index (χ0) is 14.5. The molecule has 4 N–H and O–H groups in total. The average Bonchev–Trinajstić information content (AvgIpc) is 2.25. The van der Waals surface area contributed by atoms with E-state index in [-0.39, 0.29) is 12.1 Å². The lowest BCUT2D eigenvalue weighted by Gasteiger charge is -2.34. The molecule has 1 aliphatic heterocycles. The summed E-state index contributed by atoms with van der Waals surface area (Å²) in [5.74, 6) is -1.11. The summed E-state index contributed by atoms with van der Waals surface area (Å²) in [5.41, 5.74) is -1.78. The summed E-state index contributed by atoms with van der Waals surface area (Å²) < 4.78 is 5.23. The van der Waals surface area contributed by atoms with Gasteiger partial charge in [-0.25, -0.2) is 4.79 Å². The van der Waals surface area contributed by atoms with Gasteiger partial charge in [0, 0.05) is 25.3 Å². The molecule has 0 radical (unpaired) electrons. The average molecular weight is 274 g/mol. The Bertz CT molecular complexity index is 337. The summed E-state index contributed by atoms with van der Waals surface area (Å²) in [6.07, 6.45) is 1.04. The Labute approximate surface area is 112 Å². The molecular weight excluding hydrogens is 252 g/mol. The fourth-order valence-electron chi connectivity index (χ4n) is 1.92. The number of carboxylic acid groups (broad SMARTS) is 1. The van der Waals surface area contributed by atoms with E-state index in [1.165, 1.54) is 6.92 Å². The van der Waals surface area contributed by atoms with Crippen LogP contribution in [0.1, 0.15) is 33.1 Å². The minimum atomic E-state index is -1.46. The summed E-state index contributed by atoms with van der Waals surface area (Å²) in [4.78, 5) is 22.3. The molecule has 1 saturated heterocycles. The molecule has 110 valence electrons. The smallest absolute Gasteiger partial charge is 0.315 e. The van der Waals surface area contributed by atoms with Crippen LogP contribution >= 0.6 is 0 Å². The molecule has 1 rings (SSSR count). The van der Waals surface area contributed by atoms with Crippen LogP contribution in [0.15, 0.2) is 0 Å². The molecule has 1 fully saturated rings. The molecule has 0 aliphatic carbocycles. The molecule has 1 aliphatic rings. The van der Waals surface area contributed by atoms with E-state index in [1.807, 2.05) is 6.92 Å². The third-order valence-corrected chi connectivity index (χ3v) is 3.17. The number of carbonyl (C=O) groups excluding carboxylic acids is 1. The van der Waals surface area contributed by atoms with Crippen LogP contribution in [0.2, 0.25) is 0 Å². The topological polar surface area (TPSA) is 108 Å². The van der Waals surface area contributed by atoms with E-state index < -0.39 is 24.0 Å². The van der Waals surface area contributed by atoms with Crippen LogP contribution < -0.4 is 10.6 Å². The second-order valence-corrected chi connectivity index (χ2v) is 5.55. The molecule has 0 saturated carbocycles. The monoisotopic (exact) mass is 274 g/mol. The lowest BCUT2D eigenvalue weighted by atomic mass is 9.93. The van der Waals surface area contributed by atoms with Crippen molar-refractivity contribution in [2.75, 3.05) is 19.8 Å². The van der Waals surface area contributed by atoms with E-state index in [2.05, 4.69) is 10.6 Å². The Balaban J connectivity index is 2.36. The van der Waals surface area contributed by atoms with Crippen molar-refractivity contribution in [1.82, 2.24) is 10.6 Å². The molecule has 0 spiro atoms.